The average Bonchev–Trinajstić information content (AvgIpc) is 2.07. The molecule has 0 aliphatic rings. The van der Waals surface area contributed by atoms with Gasteiger partial charge >= 0.3 is 12.3 Å². The standard InChI is InChI=1S/C7H4BrF2NO3/c8-4-1-2-6(14-7(9)10)5(3-4)11(12)13/h1-3,7H. The largest absolute Gasteiger partial charge is 0.427 e. The highest BCUT2D eigenvalue weighted by atomic mass is 79.9. The number of nitrogens with zero attached hydrogens (tertiary/aromatic N) is 1. The predicted octanol–water partition coefficient (Wildman–Crippen LogP) is 2.96. The molecule has 1 rings (SSSR count). The molecule has 0 fully saturated rings. The predicted molar refractivity (Wildman–Crippen MR) is 47.4 cm³/mol. The Bertz CT molecular complexity index is 359. The number of rotatable bonds is 3. The summed E-state index contributed by atoms with van der Waals surface area (Å²) in [5.74, 6) is -0.451. The molecule has 1 aromatic rings. The summed E-state index contributed by atoms with van der Waals surface area (Å²) in [4.78, 5) is 9.63. The van der Waals surface area contributed by atoms with E-state index < -0.39 is 23.0 Å². The lowest BCUT2D eigenvalue weighted by molar-refractivity contribution is -0.386. The van der Waals surface area contributed by atoms with Crippen LogP contribution >= 0.6 is 15.9 Å². The van der Waals surface area contributed by atoms with E-state index in [9.17, 15) is 18.9 Å². The lowest BCUT2D eigenvalue weighted by Gasteiger charge is -2.04. The van der Waals surface area contributed by atoms with E-state index in [1.165, 1.54) is 6.07 Å². The second kappa shape index (κ2) is 4.32. The minimum absolute atomic E-state index is 0.422. The van der Waals surface area contributed by atoms with Gasteiger partial charge in [0.05, 0.1) is 4.92 Å². The van der Waals surface area contributed by atoms with Gasteiger partial charge < -0.3 is 4.74 Å². The van der Waals surface area contributed by atoms with Crippen molar-refractivity contribution in [2.45, 2.75) is 6.61 Å². The molecule has 0 N–H and O–H groups in total. The van der Waals surface area contributed by atoms with Gasteiger partial charge in [0.25, 0.3) is 0 Å². The van der Waals surface area contributed by atoms with Crippen molar-refractivity contribution in [2.24, 2.45) is 0 Å². The Kier molecular flexibility index (Phi) is 3.34. The van der Waals surface area contributed by atoms with Crippen LogP contribution in [0.15, 0.2) is 22.7 Å². The number of hydrogen-bond acceptors (Lipinski definition) is 3. The van der Waals surface area contributed by atoms with E-state index in [1.807, 2.05) is 0 Å². The molecule has 4 nitrogen and oxygen atoms in total. The van der Waals surface area contributed by atoms with Crippen LogP contribution in [0.1, 0.15) is 0 Å². The number of alkyl halides is 2. The smallest absolute Gasteiger partial charge is 0.387 e. The van der Waals surface area contributed by atoms with Crippen LogP contribution in [0, 0.1) is 10.1 Å². The molecule has 0 spiro atoms. The Morgan fingerprint density at radius 2 is 2.14 bits per heavy atom. The fourth-order valence-corrected chi connectivity index (χ4v) is 1.18. The van der Waals surface area contributed by atoms with Crippen LogP contribution in [0.2, 0.25) is 0 Å². The molecule has 0 amide bonds. The number of benzene rings is 1. The van der Waals surface area contributed by atoms with Crippen LogP contribution in [0.5, 0.6) is 5.75 Å². The summed E-state index contributed by atoms with van der Waals surface area (Å²) in [5.41, 5.74) is -0.500. The molecule has 0 atom stereocenters. The first-order chi connectivity index (χ1) is 6.50. The molecule has 1 aromatic carbocycles. The van der Waals surface area contributed by atoms with Crippen molar-refractivity contribution in [1.29, 1.82) is 0 Å². The summed E-state index contributed by atoms with van der Waals surface area (Å²) in [6, 6.07) is 3.58. The van der Waals surface area contributed by atoms with Gasteiger partial charge in [0.15, 0.2) is 0 Å². The molecule has 0 radical (unpaired) electrons. The van der Waals surface area contributed by atoms with Gasteiger partial charge in [-0.25, -0.2) is 0 Å². The van der Waals surface area contributed by atoms with Crippen LogP contribution in [-0.4, -0.2) is 11.5 Å². The van der Waals surface area contributed by atoms with E-state index in [0.717, 1.165) is 12.1 Å². The van der Waals surface area contributed by atoms with E-state index in [2.05, 4.69) is 20.7 Å². The zero-order chi connectivity index (χ0) is 10.7. The lowest BCUT2D eigenvalue weighted by Crippen LogP contribution is -2.04. The fourth-order valence-electron chi connectivity index (χ4n) is 0.829. The van der Waals surface area contributed by atoms with Crippen LogP contribution in [0.3, 0.4) is 0 Å². The Morgan fingerprint density at radius 3 is 2.64 bits per heavy atom. The molecule has 0 unspecified atom stereocenters. The van der Waals surface area contributed by atoms with Crippen LogP contribution in [-0.2, 0) is 0 Å². The van der Waals surface area contributed by atoms with Gasteiger partial charge in [0.2, 0.25) is 5.75 Å². The minimum Gasteiger partial charge on any atom is -0.427 e. The summed E-state index contributed by atoms with van der Waals surface area (Å²) in [5, 5.41) is 10.4. The molecule has 0 saturated heterocycles. The number of ether oxygens (including phenoxy) is 1. The lowest BCUT2D eigenvalue weighted by atomic mass is 10.3. The van der Waals surface area contributed by atoms with Crippen molar-refractivity contribution in [3.8, 4) is 5.75 Å². The van der Waals surface area contributed by atoms with Crippen molar-refractivity contribution >= 4 is 21.6 Å². The first-order valence-electron chi connectivity index (χ1n) is 3.39. The second-order valence-corrected chi connectivity index (χ2v) is 3.16. The third-order valence-corrected chi connectivity index (χ3v) is 1.83. The van der Waals surface area contributed by atoms with Gasteiger partial charge in [-0.3, -0.25) is 10.1 Å². The van der Waals surface area contributed by atoms with Crippen molar-refractivity contribution in [3.63, 3.8) is 0 Å². The van der Waals surface area contributed by atoms with Crippen molar-refractivity contribution in [3.05, 3.63) is 32.8 Å². The first kappa shape index (κ1) is 10.8. The van der Waals surface area contributed by atoms with Gasteiger partial charge in [-0.2, -0.15) is 8.78 Å². The molecule has 0 saturated carbocycles. The van der Waals surface area contributed by atoms with Gasteiger partial charge in [-0.15, -0.1) is 0 Å². The Hall–Kier alpha value is -1.24. The summed E-state index contributed by atoms with van der Waals surface area (Å²) >= 11 is 2.98. The summed E-state index contributed by atoms with van der Waals surface area (Å²) in [7, 11) is 0. The van der Waals surface area contributed by atoms with Crippen molar-refractivity contribution in [1.82, 2.24) is 0 Å². The van der Waals surface area contributed by atoms with E-state index >= 15 is 0 Å². The van der Waals surface area contributed by atoms with E-state index in [4.69, 9.17) is 0 Å². The quantitative estimate of drug-likeness (QED) is 0.625. The van der Waals surface area contributed by atoms with E-state index in [0.29, 0.717) is 4.47 Å². The maximum atomic E-state index is 11.8. The second-order valence-electron chi connectivity index (χ2n) is 2.25. The molecule has 0 heterocycles. The summed E-state index contributed by atoms with van der Waals surface area (Å²) in [6.07, 6.45) is 0. The highest BCUT2D eigenvalue weighted by Gasteiger charge is 2.18. The minimum atomic E-state index is -3.07. The molecule has 7 heteroatoms. The van der Waals surface area contributed by atoms with Crippen LogP contribution in [0.4, 0.5) is 14.5 Å². The van der Waals surface area contributed by atoms with Gasteiger partial charge in [-0.1, -0.05) is 15.9 Å². The van der Waals surface area contributed by atoms with Crippen molar-refractivity contribution in [2.75, 3.05) is 0 Å². The zero-order valence-electron chi connectivity index (χ0n) is 6.62. The maximum absolute atomic E-state index is 11.8. The van der Waals surface area contributed by atoms with Crippen LogP contribution < -0.4 is 4.74 Å². The molecule has 0 aromatic heterocycles. The number of nitro benzene ring substituents is 1. The Balaban J connectivity index is 3.08. The number of nitro groups is 1. The highest BCUT2D eigenvalue weighted by molar-refractivity contribution is 9.10. The average molecular weight is 268 g/mol. The van der Waals surface area contributed by atoms with E-state index in [-0.39, 0.29) is 0 Å². The molecule has 76 valence electrons. The van der Waals surface area contributed by atoms with Gasteiger partial charge in [0, 0.05) is 10.5 Å². The SMILES string of the molecule is O=[N+]([O-])c1cc(Br)ccc1OC(F)F. The molecule has 0 aliphatic heterocycles. The topological polar surface area (TPSA) is 52.4 Å². The van der Waals surface area contributed by atoms with Crippen molar-refractivity contribution < 1.29 is 18.4 Å². The maximum Gasteiger partial charge on any atom is 0.387 e. The third-order valence-electron chi connectivity index (χ3n) is 1.33. The van der Waals surface area contributed by atoms with E-state index in [1.54, 1.807) is 0 Å². The van der Waals surface area contributed by atoms with Crippen LogP contribution in [0.25, 0.3) is 0 Å². The highest BCUT2D eigenvalue weighted by Crippen LogP contribution is 2.30. The summed E-state index contributed by atoms with van der Waals surface area (Å²) < 4.78 is 28.0. The Morgan fingerprint density at radius 1 is 1.50 bits per heavy atom. The molecule has 0 aliphatic carbocycles. The van der Waals surface area contributed by atoms with Gasteiger partial charge in [-0.05, 0) is 12.1 Å². The number of hydrogen-bond donors (Lipinski definition) is 0. The first-order valence-corrected chi connectivity index (χ1v) is 4.19. The Labute approximate surface area is 85.8 Å². The van der Waals surface area contributed by atoms with Gasteiger partial charge in [0.1, 0.15) is 0 Å². The molecular weight excluding hydrogens is 264 g/mol. The monoisotopic (exact) mass is 267 g/mol. The summed E-state index contributed by atoms with van der Waals surface area (Å²) in [6.45, 7) is -3.07. The fraction of sp³-hybridized carbons (Fsp3) is 0.143. The number of halogens is 3. The molecular formula is C7H4BrF2NO3. The zero-order valence-corrected chi connectivity index (χ0v) is 8.20. The normalized spacial score (nSPS) is 10.3. The molecule has 0 bridgehead atoms. The third kappa shape index (κ3) is 2.63. The molecule has 14 heavy (non-hydrogen) atoms.